The third-order valence-corrected chi connectivity index (χ3v) is 3.58. The lowest BCUT2D eigenvalue weighted by Gasteiger charge is -2.10. The first-order valence-corrected chi connectivity index (χ1v) is 6.56. The lowest BCUT2D eigenvalue weighted by atomic mass is 10.2. The Balaban J connectivity index is 2.24. The van der Waals surface area contributed by atoms with Crippen molar-refractivity contribution in [3.63, 3.8) is 0 Å². The summed E-state index contributed by atoms with van der Waals surface area (Å²) in [7, 11) is 1.89. The maximum atomic E-state index is 9.89. The Morgan fingerprint density at radius 1 is 1.32 bits per heavy atom. The molecule has 0 amide bonds. The zero-order valence-corrected chi connectivity index (χ0v) is 12.5. The van der Waals surface area contributed by atoms with Crippen molar-refractivity contribution in [3.8, 4) is 5.75 Å². The topological polar surface area (TPSA) is 50.1 Å². The van der Waals surface area contributed by atoms with Crippen LogP contribution >= 0.6 is 23.2 Å². The molecule has 19 heavy (non-hydrogen) atoms. The highest BCUT2D eigenvalue weighted by Gasteiger charge is 2.11. The van der Waals surface area contributed by atoms with Crippen molar-refractivity contribution in [2.45, 2.75) is 20.4 Å². The largest absolute Gasteiger partial charge is 0.506 e. The molecule has 1 heterocycles. The second-order valence-electron chi connectivity index (χ2n) is 4.42. The molecular formula is C13H15Cl2N3O. The first-order chi connectivity index (χ1) is 8.90. The maximum Gasteiger partial charge on any atom is 0.139 e. The lowest BCUT2D eigenvalue weighted by Crippen LogP contribution is -2.02. The van der Waals surface area contributed by atoms with Crippen molar-refractivity contribution >= 4 is 28.9 Å². The van der Waals surface area contributed by atoms with Gasteiger partial charge in [-0.2, -0.15) is 5.10 Å². The van der Waals surface area contributed by atoms with E-state index >= 15 is 0 Å². The highest BCUT2D eigenvalue weighted by atomic mass is 35.5. The van der Waals surface area contributed by atoms with Crippen LogP contribution in [-0.4, -0.2) is 14.9 Å². The van der Waals surface area contributed by atoms with E-state index in [2.05, 4.69) is 10.4 Å². The van der Waals surface area contributed by atoms with Crippen molar-refractivity contribution < 1.29 is 5.11 Å². The third kappa shape index (κ3) is 2.80. The van der Waals surface area contributed by atoms with Crippen LogP contribution in [0.5, 0.6) is 5.75 Å². The van der Waals surface area contributed by atoms with Crippen molar-refractivity contribution in [2.24, 2.45) is 7.05 Å². The van der Waals surface area contributed by atoms with E-state index in [0.29, 0.717) is 17.1 Å². The molecule has 0 radical (unpaired) electrons. The molecule has 0 aliphatic carbocycles. The Hall–Kier alpha value is -1.39. The summed E-state index contributed by atoms with van der Waals surface area (Å²) in [5.74, 6) is 0.0535. The Morgan fingerprint density at radius 3 is 2.58 bits per heavy atom. The molecule has 2 rings (SSSR count). The van der Waals surface area contributed by atoms with E-state index in [1.807, 2.05) is 25.6 Å². The molecular weight excluding hydrogens is 285 g/mol. The molecule has 0 saturated carbocycles. The fourth-order valence-corrected chi connectivity index (χ4v) is 2.50. The number of hydrogen-bond donors (Lipinski definition) is 2. The summed E-state index contributed by atoms with van der Waals surface area (Å²) in [6.07, 6.45) is 0. The minimum Gasteiger partial charge on any atom is -0.506 e. The summed E-state index contributed by atoms with van der Waals surface area (Å²) in [6.45, 7) is 4.34. The highest BCUT2D eigenvalue weighted by molar-refractivity contribution is 6.35. The van der Waals surface area contributed by atoms with Gasteiger partial charge in [0.1, 0.15) is 5.75 Å². The number of halogens is 2. The van der Waals surface area contributed by atoms with Crippen LogP contribution in [0, 0.1) is 13.8 Å². The number of phenolic OH excluding ortho intramolecular Hbond substituents is 1. The predicted molar refractivity (Wildman–Crippen MR) is 78.1 cm³/mol. The summed E-state index contributed by atoms with van der Waals surface area (Å²) >= 11 is 11.8. The summed E-state index contributed by atoms with van der Waals surface area (Å²) in [4.78, 5) is 0. The molecule has 6 heteroatoms. The molecule has 2 aromatic rings. The molecule has 0 unspecified atom stereocenters. The average molecular weight is 300 g/mol. The lowest BCUT2D eigenvalue weighted by molar-refractivity contribution is 0.469. The van der Waals surface area contributed by atoms with Gasteiger partial charge >= 0.3 is 0 Å². The molecule has 0 saturated heterocycles. The zero-order valence-electron chi connectivity index (χ0n) is 11.0. The van der Waals surface area contributed by atoms with Gasteiger partial charge in [0.2, 0.25) is 0 Å². The van der Waals surface area contributed by atoms with Gasteiger partial charge in [-0.05, 0) is 26.0 Å². The minimum absolute atomic E-state index is 0.0535. The molecule has 1 aromatic heterocycles. The molecule has 0 atom stereocenters. The predicted octanol–water partition coefficient (Wildman–Crippen LogP) is 3.66. The monoisotopic (exact) mass is 299 g/mol. The fraction of sp³-hybridized carbons (Fsp3) is 0.308. The van der Waals surface area contributed by atoms with E-state index in [-0.39, 0.29) is 10.8 Å². The molecule has 102 valence electrons. The van der Waals surface area contributed by atoms with E-state index in [1.54, 1.807) is 6.07 Å². The van der Waals surface area contributed by atoms with Crippen molar-refractivity contribution in [3.05, 3.63) is 39.1 Å². The molecule has 0 aliphatic rings. The van der Waals surface area contributed by atoms with Gasteiger partial charge in [0, 0.05) is 24.2 Å². The summed E-state index contributed by atoms with van der Waals surface area (Å²) in [6, 6.07) is 3.21. The van der Waals surface area contributed by atoms with Gasteiger partial charge in [0.05, 0.1) is 22.1 Å². The van der Waals surface area contributed by atoms with Crippen LogP contribution < -0.4 is 5.32 Å². The number of aromatic hydroxyl groups is 1. The second kappa shape index (κ2) is 5.31. The van der Waals surface area contributed by atoms with Crippen LogP contribution in [0.1, 0.15) is 17.0 Å². The standard InChI is InChI=1S/C13H15Cl2N3O/c1-7-12(8(2)18(3)17-7)16-6-9-4-10(14)5-11(15)13(9)19/h4-5,16,19H,6H2,1-3H3. The minimum atomic E-state index is 0.0535. The highest BCUT2D eigenvalue weighted by Crippen LogP contribution is 2.32. The van der Waals surface area contributed by atoms with E-state index < -0.39 is 0 Å². The third-order valence-electron chi connectivity index (χ3n) is 3.07. The molecule has 2 N–H and O–H groups in total. The normalized spacial score (nSPS) is 10.8. The SMILES string of the molecule is Cc1nn(C)c(C)c1NCc1cc(Cl)cc(Cl)c1O. The van der Waals surface area contributed by atoms with E-state index in [4.69, 9.17) is 23.2 Å². The number of nitrogens with zero attached hydrogens (tertiary/aromatic N) is 2. The quantitative estimate of drug-likeness (QED) is 0.909. The van der Waals surface area contributed by atoms with E-state index in [0.717, 1.165) is 17.1 Å². The molecule has 0 bridgehead atoms. The van der Waals surface area contributed by atoms with Gasteiger partial charge in [-0.15, -0.1) is 0 Å². The fourth-order valence-electron chi connectivity index (χ4n) is 1.97. The maximum absolute atomic E-state index is 9.89. The van der Waals surface area contributed by atoms with Crippen LogP contribution in [-0.2, 0) is 13.6 Å². The van der Waals surface area contributed by atoms with Crippen LogP contribution in [0.4, 0.5) is 5.69 Å². The number of rotatable bonds is 3. The smallest absolute Gasteiger partial charge is 0.139 e. The Morgan fingerprint density at radius 2 is 2.00 bits per heavy atom. The van der Waals surface area contributed by atoms with Gasteiger partial charge in [-0.3, -0.25) is 4.68 Å². The summed E-state index contributed by atoms with van der Waals surface area (Å²) in [5.41, 5.74) is 3.55. The van der Waals surface area contributed by atoms with Gasteiger partial charge in [-0.25, -0.2) is 0 Å². The summed E-state index contributed by atoms with van der Waals surface area (Å²) in [5, 5.41) is 18.2. The van der Waals surface area contributed by atoms with Gasteiger partial charge in [-0.1, -0.05) is 23.2 Å². The van der Waals surface area contributed by atoms with Crippen molar-refractivity contribution in [1.82, 2.24) is 9.78 Å². The van der Waals surface area contributed by atoms with E-state index in [1.165, 1.54) is 6.07 Å². The van der Waals surface area contributed by atoms with E-state index in [9.17, 15) is 5.11 Å². The van der Waals surface area contributed by atoms with Crippen LogP contribution in [0.15, 0.2) is 12.1 Å². The molecule has 0 spiro atoms. The van der Waals surface area contributed by atoms with Gasteiger partial charge < -0.3 is 10.4 Å². The zero-order chi connectivity index (χ0) is 14.2. The van der Waals surface area contributed by atoms with Crippen LogP contribution in [0.25, 0.3) is 0 Å². The number of anilines is 1. The number of nitrogens with one attached hydrogen (secondary N) is 1. The first-order valence-electron chi connectivity index (χ1n) is 5.81. The first kappa shape index (κ1) is 14.0. The molecule has 0 aliphatic heterocycles. The Bertz CT molecular complexity index is 623. The summed E-state index contributed by atoms with van der Waals surface area (Å²) < 4.78 is 1.81. The van der Waals surface area contributed by atoms with Crippen LogP contribution in [0.3, 0.4) is 0 Å². The molecule has 4 nitrogen and oxygen atoms in total. The number of benzene rings is 1. The number of hydrogen-bond acceptors (Lipinski definition) is 3. The van der Waals surface area contributed by atoms with Crippen LogP contribution in [0.2, 0.25) is 10.0 Å². The second-order valence-corrected chi connectivity index (χ2v) is 5.26. The van der Waals surface area contributed by atoms with Gasteiger partial charge in [0.15, 0.2) is 0 Å². The Kier molecular flexibility index (Phi) is 3.92. The average Bonchev–Trinajstić information content (AvgIpc) is 2.57. The number of aromatic nitrogens is 2. The Labute approximate surface area is 122 Å². The number of aryl methyl sites for hydroxylation is 2. The van der Waals surface area contributed by atoms with Gasteiger partial charge in [0.25, 0.3) is 0 Å². The van der Waals surface area contributed by atoms with Crippen molar-refractivity contribution in [2.75, 3.05) is 5.32 Å². The molecule has 1 aromatic carbocycles. The number of phenols is 1. The molecule has 0 fully saturated rings. The van der Waals surface area contributed by atoms with Crippen molar-refractivity contribution in [1.29, 1.82) is 0 Å².